The fourth-order valence-corrected chi connectivity index (χ4v) is 1.70. The number of halogens is 3. The molecule has 0 amide bonds. The molecular weight excluding hydrogens is 269 g/mol. The van der Waals surface area contributed by atoms with Crippen molar-refractivity contribution in [3.63, 3.8) is 0 Å². The second-order valence-electron chi connectivity index (χ2n) is 4.88. The van der Waals surface area contributed by atoms with Crippen LogP contribution in [0.1, 0.15) is 32.9 Å². The maximum Gasteiger partial charge on any atom is 0.405 e. The van der Waals surface area contributed by atoms with Gasteiger partial charge in [0.05, 0.1) is 18.1 Å². The molecule has 7 heteroatoms. The Morgan fingerprint density at radius 2 is 1.95 bits per heavy atom. The van der Waals surface area contributed by atoms with Crippen molar-refractivity contribution in [1.82, 2.24) is 15.3 Å². The Balaban J connectivity index is 2.73. The lowest BCUT2D eigenvalue weighted by Crippen LogP contribution is -2.39. The Morgan fingerprint density at radius 3 is 2.40 bits per heavy atom. The molecule has 0 aliphatic heterocycles. The van der Waals surface area contributed by atoms with Crippen molar-refractivity contribution >= 4 is 5.82 Å². The van der Waals surface area contributed by atoms with Gasteiger partial charge in [0.25, 0.3) is 0 Å². The highest BCUT2D eigenvalue weighted by Gasteiger charge is 2.32. The first-order valence-electron chi connectivity index (χ1n) is 6.68. The van der Waals surface area contributed by atoms with E-state index in [1.165, 1.54) is 17.3 Å². The quantitative estimate of drug-likeness (QED) is 0.784. The van der Waals surface area contributed by atoms with Gasteiger partial charge >= 0.3 is 6.18 Å². The van der Waals surface area contributed by atoms with E-state index in [4.69, 9.17) is 0 Å². The molecule has 1 N–H and O–H groups in total. The van der Waals surface area contributed by atoms with E-state index in [0.29, 0.717) is 6.54 Å². The van der Waals surface area contributed by atoms with Gasteiger partial charge < -0.3 is 10.2 Å². The number of rotatable bonds is 7. The first-order valence-corrected chi connectivity index (χ1v) is 6.68. The summed E-state index contributed by atoms with van der Waals surface area (Å²) in [5.74, 6) is 0.247. The van der Waals surface area contributed by atoms with E-state index in [1.807, 2.05) is 0 Å². The van der Waals surface area contributed by atoms with Crippen molar-refractivity contribution in [2.75, 3.05) is 18.0 Å². The summed E-state index contributed by atoms with van der Waals surface area (Å²) in [7, 11) is 0. The van der Waals surface area contributed by atoms with Crippen molar-refractivity contribution in [3.8, 4) is 0 Å². The summed E-state index contributed by atoms with van der Waals surface area (Å²) in [6.07, 6.45) is -0.329. The summed E-state index contributed by atoms with van der Waals surface area (Å²) in [5.41, 5.74) is 0.720. The molecule has 114 valence electrons. The van der Waals surface area contributed by atoms with Crippen LogP contribution < -0.4 is 10.2 Å². The number of alkyl halides is 3. The fourth-order valence-electron chi connectivity index (χ4n) is 1.70. The molecule has 0 radical (unpaired) electrons. The molecule has 4 nitrogen and oxygen atoms in total. The number of hydrogen-bond donors (Lipinski definition) is 1. The molecule has 0 saturated carbocycles. The van der Waals surface area contributed by atoms with Gasteiger partial charge in [-0.25, -0.2) is 4.98 Å². The van der Waals surface area contributed by atoms with Crippen molar-refractivity contribution in [3.05, 3.63) is 18.1 Å². The van der Waals surface area contributed by atoms with E-state index in [2.05, 4.69) is 22.2 Å². The molecule has 1 aromatic rings. The summed E-state index contributed by atoms with van der Waals surface area (Å²) >= 11 is 0. The van der Waals surface area contributed by atoms with Gasteiger partial charge in [0.1, 0.15) is 12.4 Å². The summed E-state index contributed by atoms with van der Waals surface area (Å²) in [6.45, 7) is 5.87. The predicted octanol–water partition coefficient (Wildman–Crippen LogP) is 2.75. The van der Waals surface area contributed by atoms with Crippen LogP contribution in [0.3, 0.4) is 0 Å². The van der Waals surface area contributed by atoms with Gasteiger partial charge in [-0.15, -0.1) is 0 Å². The van der Waals surface area contributed by atoms with Gasteiger partial charge in [0, 0.05) is 12.6 Å². The van der Waals surface area contributed by atoms with Gasteiger partial charge in [-0.3, -0.25) is 4.98 Å². The Labute approximate surface area is 117 Å². The Morgan fingerprint density at radius 1 is 1.25 bits per heavy atom. The molecule has 1 heterocycles. The largest absolute Gasteiger partial charge is 0.405 e. The Hall–Kier alpha value is -1.37. The second-order valence-corrected chi connectivity index (χ2v) is 4.88. The lowest BCUT2D eigenvalue weighted by atomic mass is 10.3. The van der Waals surface area contributed by atoms with Crippen LogP contribution in [0.25, 0.3) is 0 Å². The maximum atomic E-state index is 12.5. The third-order valence-electron chi connectivity index (χ3n) is 2.69. The monoisotopic (exact) mass is 290 g/mol. The highest BCUT2D eigenvalue weighted by molar-refractivity contribution is 5.37. The predicted molar refractivity (Wildman–Crippen MR) is 72.6 cm³/mol. The van der Waals surface area contributed by atoms with Crippen LogP contribution in [-0.2, 0) is 6.54 Å². The normalized spacial score (nSPS) is 11.9. The molecule has 0 aliphatic carbocycles. The minimum atomic E-state index is -4.26. The summed E-state index contributed by atoms with van der Waals surface area (Å²) < 4.78 is 37.6. The molecule has 0 fully saturated rings. The molecule has 1 aromatic heterocycles. The minimum Gasteiger partial charge on any atom is -0.344 e. The Bertz CT molecular complexity index is 390. The molecule has 1 rings (SSSR count). The van der Waals surface area contributed by atoms with E-state index in [0.717, 1.165) is 18.7 Å². The maximum absolute atomic E-state index is 12.5. The third kappa shape index (κ3) is 5.73. The van der Waals surface area contributed by atoms with E-state index >= 15 is 0 Å². The van der Waals surface area contributed by atoms with E-state index in [9.17, 15) is 13.2 Å². The van der Waals surface area contributed by atoms with Crippen molar-refractivity contribution in [2.45, 2.75) is 46.0 Å². The molecule has 0 bridgehead atoms. The third-order valence-corrected chi connectivity index (χ3v) is 2.69. The van der Waals surface area contributed by atoms with Crippen LogP contribution in [0.5, 0.6) is 0 Å². The molecule has 0 aromatic carbocycles. The number of aromatic nitrogens is 2. The van der Waals surface area contributed by atoms with Crippen LogP contribution in [0.2, 0.25) is 0 Å². The van der Waals surface area contributed by atoms with Gasteiger partial charge in [-0.2, -0.15) is 13.2 Å². The topological polar surface area (TPSA) is 41.1 Å². The van der Waals surface area contributed by atoms with E-state index in [1.54, 1.807) is 13.8 Å². The van der Waals surface area contributed by atoms with Crippen LogP contribution >= 0.6 is 0 Å². The van der Waals surface area contributed by atoms with Crippen molar-refractivity contribution in [2.24, 2.45) is 0 Å². The lowest BCUT2D eigenvalue weighted by molar-refractivity contribution is -0.120. The number of anilines is 1. The summed E-state index contributed by atoms with van der Waals surface area (Å²) in [6, 6.07) is -0.296. The van der Waals surface area contributed by atoms with Gasteiger partial charge in [-0.05, 0) is 26.8 Å². The van der Waals surface area contributed by atoms with Gasteiger partial charge in [0.15, 0.2) is 0 Å². The number of nitrogens with zero attached hydrogens (tertiary/aromatic N) is 3. The minimum absolute atomic E-state index is 0.247. The zero-order valence-corrected chi connectivity index (χ0v) is 12.0. The van der Waals surface area contributed by atoms with E-state index < -0.39 is 12.7 Å². The molecular formula is C13H21F3N4. The molecule has 0 spiro atoms. The fraction of sp³-hybridized carbons (Fsp3) is 0.692. The van der Waals surface area contributed by atoms with Gasteiger partial charge in [-0.1, -0.05) is 6.92 Å². The molecule has 0 aliphatic rings. The van der Waals surface area contributed by atoms with Crippen molar-refractivity contribution in [1.29, 1.82) is 0 Å². The average molecular weight is 290 g/mol. The highest BCUT2D eigenvalue weighted by Crippen LogP contribution is 2.22. The van der Waals surface area contributed by atoms with Crippen molar-refractivity contribution < 1.29 is 13.2 Å². The van der Waals surface area contributed by atoms with Crippen LogP contribution in [0.15, 0.2) is 12.4 Å². The number of nitrogens with one attached hydrogen (secondary N) is 1. The van der Waals surface area contributed by atoms with Crippen LogP contribution in [0, 0.1) is 0 Å². The zero-order valence-electron chi connectivity index (χ0n) is 12.0. The standard InChI is InChI=1S/C13H21F3N4/c1-4-5-17-6-11-7-19-12(8-18-11)20(10(2)3)9-13(14,15)16/h7-8,10,17H,4-6,9H2,1-3H3. The zero-order chi connectivity index (χ0) is 15.2. The first-order chi connectivity index (χ1) is 9.33. The SMILES string of the molecule is CCCNCc1cnc(N(CC(F)(F)F)C(C)C)cn1. The average Bonchev–Trinajstić information content (AvgIpc) is 2.36. The Kier molecular flexibility index (Phi) is 6.19. The highest BCUT2D eigenvalue weighted by atomic mass is 19.4. The summed E-state index contributed by atoms with van der Waals surface area (Å²) in [4.78, 5) is 9.43. The molecule has 0 saturated heterocycles. The first kappa shape index (κ1) is 16.7. The molecule has 20 heavy (non-hydrogen) atoms. The molecule has 0 unspecified atom stereocenters. The summed E-state index contributed by atoms with van der Waals surface area (Å²) in [5, 5.41) is 3.16. The smallest absolute Gasteiger partial charge is 0.344 e. The van der Waals surface area contributed by atoms with E-state index in [-0.39, 0.29) is 11.9 Å². The molecule has 0 atom stereocenters. The second kappa shape index (κ2) is 7.42. The van der Waals surface area contributed by atoms with Gasteiger partial charge in [0.2, 0.25) is 0 Å². The lowest BCUT2D eigenvalue weighted by Gasteiger charge is -2.28. The number of hydrogen-bond acceptors (Lipinski definition) is 4. The van der Waals surface area contributed by atoms with Crippen LogP contribution in [0.4, 0.5) is 19.0 Å². The van der Waals surface area contributed by atoms with Crippen LogP contribution in [-0.4, -0.2) is 35.3 Å².